The lowest BCUT2D eigenvalue weighted by atomic mass is 9.84. The van der Waals surface area contributed by atoms with E-state index >= 15 is 0 Å². The molecule has 5 heteroatoms. The minimum atomic E-state index is -0.193. The molecule has 0 saturated heterocycles. The lowest BCUT2D eigenvalue weighted by molar-refractivity contribution is 0.244. The van der Waals surface area contributed by atoms with E-state index in [-0.39, 0.29) is 23.0 Å². The van der Waals surface area contributed by atoms with Gasteiger partial charge in [-0.3, -0.25) is 14.2 Å². The van der Waals surface area contributed by atoms with Crippen LogP contribution in [0.4, 0.5) is 0 Å². The highest BCUT2D eigenvalue weighted by molar-refractivity contribution is 6.39. The van der Waals surface area contributed by atoms with Crippen LogP contribution >= 0.6 is 0 Å². The predicted molar refractivity (Wildman–Crippen MR) is 146 cm³/mol. The first kappa shape index (κ1) is 20.2. The van der Waals surface area contributed by atoms with Crippen molar-refractivity contribution in [1.29, 1.82) is 0 Å². The van der Waals surface area contributed by atoms with E-state index in [2.05, 4.69) is 18.0 Å². The Morgan fingerprint density at radius 1 is 0.722 bits per heavy atom. The molecule has 5 aromatic carbocycles. The molecule has 36 heavy (non-hydrogen) atoms. The molecule has 0 bridgehead atoms. The Morgan fingerprint density at radius 2 is 1.25 bits per heavy atom. The van der Waals surface area contributed by atoms with Crippen LogP contribution in [-0.2, 0) is 0 Å². The smallest absolute Gasteiger partial charge is 0.278 e. The Kier molecular flexibility index (Phi) is 3.83. The highest BCUT2D eigenvalue weighted by Crippen LogP contribution is 2.46. The van der Waals surface area contributed by atoms with Gasteiger partial charge in [0.2, 0.25) is 5.88 Å². The van der Waals surface area contributed by atoms with E-state index < -0.39 is 0 Å². The number of nitrogens with zero attached hydrogens (tertiary/aromatic N) is 2. The van der Waals surface area contributed by atoms with Gasteiger partial charge in [0.05, 0.1) is 10.9 Å². The Morgan fingerprint density at radius 3 is 1.94 bits per heavy atom. The summed E-state index contributed by atoms with van der Waals surface area (Å²) in [4.78, 5) is 30.6. The van der Waals surface area contributed by atoms with Crippen molar-refractivity contribution in [2.75, 3.05) is 0 Å². The number of benzene rings is 5. The Labute approximate surface area is 205 Å². The molecule has 0 unspecified atom stereocenters. The largest absolute Gasteiger partial charge is 0.494 e. The van der Waals surface area contributed by atoms with Gasteiger partial charge in [-0.05, 0) is 76.9 Å². The number of rotatable bonds is 2. The van der Waals surface area contributed by atoms with Crippen LogP contribution in [0.2, 0.25) is 0 Å². The third-order valence-corrected chi connectivity index (χ3v) is 8.99. The monoisotopic (exact) mass is 472 g/mol. The molecule has 1 saturated carbocycles. The van der Waals surface area contributed by atoms with Crippen molar-refractivity contribution in [3.05, 3.63) is 69.2 Å². The van der Waals surface area contributed by atoms with Gasteiger partial charge in [0, 0.05) is 33.0 Å². The van der Waals surface area contributed by atoms with E-state index in [4.69, 9.17) is 0 Å². The molecule has 0 radical (unpaired) electrons. The first-order chi connectivity index (χ1) is 17.5. The van der Waals surface area contributed by atoms with E-state index in [0.717, 1.165) is 66.8 Å². The molecule has 0 amide bonds. The second-order valence-electron chi connectivity index (χ2n) is 10.7. The SMILES string of the molecule is C[C@@H](C1CCCCC1)n1c(O)c2ccc3c4ccc5nc(=O)c6ccc(c7ccc(c1=O)c2c37)c4c56. The summed E-state index contributed by atoms with van der Waals surface area (Å²) in [5.74, 6) is 0.466. The summed E-state index contributed by atoms with van der Waals surface area (Å²) in [5.41, 5.74) is 0.408. The third-order valence-electron chi connectivity index (χ3n) is 8.99. The minimum absolute atomic E-state index is 0.0533. The Hall–Kier alpha value is -3.99. The quantitative estimate of drug-likeness (QED) is 0.225. The molecule has 0 aliphatic heterocycles. The molecule has 176 valence electrons. The molecule has 0 spiro atoms. The molecule has 7 aromatic rings. The van der Waals surface area contributed by atoms with Gasteiger partial charge in [0.25, 0.3) is 11.1 Å². The zero-order valence-corrected chi connectivity index (χ0v) is 20.0. The fourth-order valence-corrected chi connectivity index (χ4v) is 7.24. The molecule has 1 aliphatic rings. The van der Waals surface area contributed by atoms with Crippen molar-refractivity contribution in [3.8, 4) is 5.88 Å². The molecule has 1 N–H and O–H groups in total. The number of hydrogen-bond donors (Lipinski definition) is 1. The second-order valence-corrected chi connectivity index (χ2v) is 10.7. The van der Waals surface area contributed by atoms with Crippen molar-refractivity contribution in [3.63, 3.8) is 0 Å². The van der Waals surface area contributed by atoms with E-state index in [1.165, 1.54) is 19.3 Å². The third kappa shape index (κ3) is 2.33. The van der Waals surface area contributed by atoms with Crippen molar-refractivity contribution < 1.29 is 5.11 Å². The normalized spacial score (nSPS) is 16.6. The van der Waals surface area contributed by atoms with Crippen LogP contribution in [-0.4, -0.2) is 14.7 Å². The highest BCUT2D eigenvalue weighted by Gasteiger charge is 2.27. The fourth-order valence-electron chi connectivity index (χ4n) is 7.24. The standard InChI is InChI=1S/C31H24N2O3/c1-15(16-5-3-2-4-6-16)33-30(35)22-11-8-17-19-7-10-21-28-24(32-29(21)34)14-13-20(26(19)28)18-9-12-23(31(33)36)27(22)25(17)18/h7-16,36H,2-6H2,1H3/t15-/m0/s1. The summed E-state index contributed by atoms with van der Waals surface area (Å²) in [6.45, 7) is 2.08. The van der Waals surface area contributed by atoms with Crippen LogP contribution in [0.25, 0.3) is 64.8 Å². The van der Waals surface area contributed by atoms with Gasteiger partial charge in [-0.25, -0.2) is 4.98 Å². The zero-order valence-electron chi connectivity index (χ0n) is 20.0. The zero-order chi connectivity index (χ0) is 24.3. The average Bonchev–Trinajstić information content (AvgIpc) is 3.24. The summed E-state index contributed by atoms with van der Waals surface area (Å²) in [7, 11) is 0. The predicted octanol–water partition coefficient (Wildman–Crippen LogP) is 6.68. The summed E-state index contributed by atoms with van der Waals surface area (Å²) < 4.78 is 1.64. The topological polar surface area (TPSA) is 72.2 Å². The molecule has 1 fully saturated rings. The van der Waals surface area contributed by atoms with Gasteiger partial charge in [-0.1, -0.05) is 43.5 Å². The molecule has 1 aliphatic carbocycles. The van der Waals surface area contributed by atoms with Gasteiger partial charge in [0.15, 0.2) is 0 Å². The maximum Gasteiger partial charge on any atom is 0.278 e. The van der Waals surface area contributed by atoms with Crippen molar-refractivity contribution in [1.82, 2.24) is 9.55 Å². The summed E-state index contributed by atoms with van der Waals surface area (Å²) in [6, 6.07) is 15.7. The van der Waals surface area contributed by atoms with Gasteiger partial charge in [0.1, 0.15) is 0 Å². The van der Waals surface area contributed by atoms with Crippen molar-refractivity contribution >= 4 is 64.8 Å². The van der Waals surface area contributed by atoms with Crippen LogP contribution in [0.1, 0.15) is 45.1 Å². The Balaban J connectivity index is 1.53. The van der Waals surface area contributed by atoms with Crippen LogP contribution in [0.5, 0.6) is 5.88 Å². The molecule has 8 rings (SSSR count). The molecular weight excluding hydrogens is 448 g/mol. The molecule has 2 aromatic heterocycles. The molecule has 2 heterocycles. The maximum absolute atomic E-state index is 13.9. The van der Waals surface area contributed by atoms with Crippen molar-refractivity contribution in [2.45, 2.75) is 45.1 Å². The molecule has 1 atom stereocenters. The highest BCUT2D eigenvalue weighted by atomic mass is 16.3. The maximum atomic E-state index is 13.9. The van der Waals surface area contributed by atoms with Gasteiger partial charge < -0.3 is 5.11 Å². The number of pyridine rings is 1. The van der Waals surface area contributed by atoms with Crippen LogP contribution < -0.4 is 11.1 Å². The Bertz CT molecular complexity index is 2080. The number of fused-ring (bicyclic) bond motifs is 2. The average molecular weight is 473 g/mol. The van der Waals surface area contributed by atoms with Gasteiger partial charge in [-0.2, -0.15) is 0 Å². The molecule has 5 nitrogen and oxygen atoms in total. The lowest BCUT2D eigenvalue weighted by Crippen LogP contribution is -2.29. The van der Waals surface area contributed by atoms with Crippen LogP contribution in [0.3, 0.4) is 0 Å². The summed E-state index contributed by atoms with van der Waals surface area (Å²) >= 11 is 0. The van der Waals surface area contributed by atoms with Gasteiger partial charge in [-0.15, -0.1) is 0 Å². The van der Waals surface area contributed by atoms with Gasteiger partial charge >= 0.3 is 0 Å². The summed E-state index contributed by atoms with van der Waals surface area (Å²) in [5, 5.41) is 21.4. The minimum Gasteiger partial charge on any atom is -0.494 e. The fraction of sp³-hybridized carbons (Fsp3) is 0.258. The number of hydrogen-bond acceptors (Lipinski definition) is 4. The number of aromatic hydroxyl groups is 1. The van der Waals surface area contributed by atoms with Crippen LogP contribution in [0.15, 0.2) is 58.1 Å². The van der Waals surface area contributed by atoms with E-state index in [9.17, 15) is 14.7 Å². The first-order valence-corrected chi connectivity index (χ1v) is 12.9. The van der Waals surface area contributed by atoms with E-state index in [1.54, 1.807) is 4.57 Å². The molecular formula is C31H24N2O3. The first-order valence-electron chi connectivity index (χ1n) is 12.9. The second kappa shape index (κ2) is 6.82. The van der Waals surface area contributed by atoms with E-state index in [1.807, 2.05) is 42.5 Å². The van der Waals surface area contributed by atoms with E-state index in [0.29, 0.717) is 16.7 Å². The lowest BCUT2D eigenvalue weighted by Gasteiger charge is -2.30. The summed E-state index contributed by atoms with van der Waals surface area (Å²) in [6.07, 6.45) is 5.81. The van der Waals surface area contributed by atoms with Crippen LogP contribution in [0, 0.1) is 5.92 Å². The van der Waals surface area contributed by atoms with Crippen molar-refractivity contribution in [2.24, 2.45) is 5.92 Å². The number of aromatic nitrogens is 2.